The van der Waals surface area contributed by atoms with Gasteiger partial charge < -0.3 is 0 Å². The van der Waals surface area contributed by atoms with E-state index in [1.54, 1.807) is 0 Å². The normalized spacial score (nSPS) is 30.2. The molecule has 3 aliphatic carbocycles. The summed E-state index contributed by atoms with van der Waals surface area (Å²) in [4.78, 5) is 0. The highest BCUT2D eigenvalue weighted by Gasteiger charge is 2.34. The van der Waals surface area contributed by atoms with Gasteiger partial charge in [-0.1, -0.05) is 61.8 Å². The number of allylic oxidation sites excluding steroid dienone is 12. The lowest BCUT2D eigenvalue weighted by molar-refractivity contribution is 0.569. The molecule has 2 atom stereocenters. The lowest BCUT2D eigenvalue weighted by Crippen LogP contribution is -2.26. The summed E-state index contributed by atoms with van der Waals surface area (Å²) >= 11 is 0. The molecule has 0 amide bonds. The molecule has 0 aromatic carbocycles. The first-order valence-corrected chi connectivity index (χ1v) is 5.60. The molecular formula is C16H14. The molecule has 0 bridgehead atoms. The van der Waals surface area contributed by atoms with Crippen molar-refractivity contribution in [3.8, 4) is 0 Å². The average Bonchev–Trinajstić information content (AvgIpc) is 2.33. The van der Waals surface area contributed by atoms with E-state index in [4.69, 9.17) is 0 Å². The molecule has 3 rings (SSSR count). The van der Waals surface area contributed by atoms with Crippen LogP contribution >= 0.6 is 0 Å². The Morgan fingerprint density at radius 2 is 1.75 bits per heavy atom. The second-order valence-electron chi connectivity index (χ2n) is 4.43. The van der Waals surface area contributed by atoms with Crippen molar-refractivity contribution in [3.05, 3.63) is 84.1 Å². The van der Waals surface area contributed by atoms with E-state index in [0.717, 1.165) is 0 Å². The van der Waals surface area contributed by atoms with Gasteiger partial charge in [0.2, 0.25) is 0 Å². The first-order chi connectivity index (χ1) is 7.81. The van der Waals surface area contributed by atoms with Crippen molar-refractivity contribution in [1.82, 2.24) is 0 Å². The molecule has 0 N–H and O–H groups in total. The third kappa shape index (κ3) is 1.16. The van der Waals surface area contributed by atoms with Crippen molar-refractivity contribution < 1.29 is 0 Å². The van der Waals surface area contributed by atoms with Crippen LogP contribution in [0.25, 0.3) is 0 Å². The van der Waals surface area contributed by atoms with Gasteiger partial charge in [-0.2, -0.15) is 0 Å². The quantitative estimate of drug-likeness (QED) is 0.610. The zero-order valence-electron chi connectivity index (χ0n) is 9.19. The molecule has 78 valence electrons. The van der Waals surface area contributed by atoms with Gasteiger partial charge >= 0.3 is 0 Å². The van der Waals surface area contributed by atoms with Gasteiger partial charge in [0.1, 0.15) is 0 Å². The topological polar surface area (TPSA) is 0 Å². The largest absolute Gasteiger partial charge is 0.0988 e. The van der Waals surface area contributed by atoms with Crippen LogP contribution in [0.1, 0.15) is 0 Å². The first kappa shape index (κ1) is 9.41. The van der Waals surface area contributed by atoms with Crippen LogP contribution in [0.15, 0.2) is 84.1 Å². The fourth-order valence-corrected chi connectivity index (χ4v) is 2.79. The van der Waals surface area contributed by atoms with Gasteiger partial charge in [0, 0.05) is 11.8 Å². The third-order valence-electron chi connectivity index (χ3n) is 3.58. The Kier molecular flexibility index (Phi) is 1.97. The molecule has 0 saturated carbocycles. The van der Waals surface area contributed by atoms with Crippen LogP contribution in [-0.4, -0.2) is 0 Å². The first-order valence-electron chi connectivity index (χ1n) is 5.60. The predicted molar refractivity (Wildman–Crippen MR) is 68.8 cm³/mol. The lowest BCUT2D eigenvalue weighted by atomic mass is 9.66. The number of hydrogen-bond donors (Lipinski definition) is 0. The molecule has 0 nitrogen and oxygen atoms in total. The van der Waals surface area contributed by atoms with Crippen LogP contribution < -0.4 is 0 Å². The molecule has 0 heteroatoms. The summed E-state index contributed by atoms with van der Waals surface area (Å²) in [6, 6.07) is 0. The van der Waals surface area contributed by atoms with Gasteiger partial charge in [-0.15, -0.1) is 0 Å². The third-order valence-corrected chi connectivity index (χ3v) is 3.58. The van der Waals surface area contributed by atoms with E-state index in [2.05, 4.69) is 55.7 Å². The van der Waals surface area contributed by atoms with Gasteiger partial charge in [-0.25, -0.2) is 0 Å². The van der Waals surface area contributed by atoms with Crippen LogP contribution in [-0.2, 0) is 0 Å². The molecule has 0 heterocycles. The molecule has 0 aliphatic heterocycles. The van der Waals surface area contributed by atoms with Crippen LogP contribution in [0.4, 0.5) is 0 Å². The van der Waals surface area contributed by atoms with E-state index >= 15 is 0 Å². The van der Waals surface area contributed by atoms with E-state index in [9.17, 15) is 0 Å². The standard InChI is InChI=1S/C16H14/c1-3-12-9-10-14-6-4-5-13-8-7-11(2)15(12)16(13)14/h3-10,15-16H,1-2H2. The fourth-order valence-electron chi connectivity index (χ4n) is 2.79. The highest BCUT2D eigenvalue weighted by molar-refractivity contribution is 5.56. The number of hydrogen-bond acceptors (Lipinski definition) is 0. The summed E-state index contributed by atoms with van der Waals surface area (Å²) in [6.07, 6.45) is 17.2. The second-order valence-corrected chi connectivity index (χ2v) is 4.43. The van der Waals surface area contributed by atoms with E-state index in [1.807, 2.05) is 6.08 Å². The minimum atomic E-state index is 0.388. The van der Waals surface area contributed by atoms with E-state index in [-0.39, 0.29) is 0 Å². The number of rotatable bonds is 1. The maximum absolute atomic E-state index is 4.17. The Balaban J connectivity index is 2.21. The summed E-state index contributed by atoms with van der Waals surface area (Å²) in [5.74, 6) is 0.846. The van der Waals surface area contributed by atoms with Crippen molar-refractivity contribution in [3.63, 3.8) is 0 Å². The molecule has 0 spiro atoms. The Labute approximate surface area is 96.4 Å². The molecule has 2 unspecified atom stereocenters. The molecule has 0 saturated heterocycles. The Hall–Kier alpha value is -1.82. The summed E-state index contributed by atoms with van der Waals surface area (Å²) in [6.45, 7) is 8.07. The van der Waals surface area contributed by atoms with Gasteiger partial charge in [-0.05, 0) is 22.3 Å². The SMILES string of the molecule is C=CC1=CC=C2C=CC=C3C=CC(=C)C1C32. The molecular weight excluding hydrogens is 192 g/mol. The van der Waals surface area contributed by atoms with Crippen LogP contribution in [0.3, 0.4) is 0 Å². The monoisotopic (exact) mass is 206 g/mol. The van der Waals surface area contributed by atoms with Crippen LogP contribution in [0, 0.1) is 11.8 Å². The Morgan fingerprint density at radius 3 is 2.56 bits per heavy atom. The summed E-state index contributed by atoms with van der Waals surface area (Å²) in [7, 11) is 0. The maximum atomic E-state index is 4.17. The fraction of sp³-hybridized carbons (Fsp3) is 0.125. The zero-order valence-corrected chi connectivity index (χ0v) is 9.19. The van der Waals surface area contributed by atoms with Crippen molar-refractivity contribution in [2.75, 3.05) is 0 Å². The van der Waals surface area contributed by atoms with Crippen molar-refractivity contribution >= 4 is 0 Å². The maximum Gasteiger partial charge on any atom is 0.0198 e. The van der Waals surface area contributed by atoms with Crippen molar-refractivity contribution in [2.45, 2.75) is 0 Å². The Morgan fingerprint density at radius 1 is 0.938 bits per heavy atom. The average molecular weight is 206 g/mol. The molecule has 0 fully saturated rings. The highest BCUT2D eigenvalue weighted by atomic mass is 14.4. The van der Waals surface area contributed by atoms with Crippen LogP contribution in [0.2, 0.25) is 0 Å². The van der Waals surface area contributed by atoms with Gasteiger partial charge in [0.15, 0.2) is 0 Å². The summed E-state index contributed by atoms with van der Waals surface area (Å²) in [5.41, 5.74) is 5.25. The van der Waals surface area contributed by atoms with E-state index < -0.39 is 0 Å². The van der Waals surface area contributed by atoms with Gasteiger partial charge in [0.05, 0.1) is 0 Å². The minimum Gasteiger partial charge on any atom is -0.0988 e. The second kappa shape index (κ2) is 3.34. The zero-order chi connectivity index (χ0) is 11.1. The van der Waals surface area contributed by atoms with Crippen LogP contribution in [0.5, 0.6) is 0 Å². The minimum absolute atomic E-state index is 0.388. The smallest absolute Gasteiger partial charge is 0.0198 e. The van der Waals surface area contributed by atoms with E-state index in [1.165, 1.54) is 22.3 Å². The van der Waals surface area contributed by atoms with Gasteiger partial charge in [0.25, 0.3) is 0 Å². The lowest BCUT2D eigenvalue weighted by Gasteiger charge is -2.37. The summed E-state index contributed by atoms with van der Waals surface area (Å²) in [5, 5.41) is 0. The van der Waals surface area contributed by atoms with Crippen molar-refractivity contribution in [2.24, 2.45) is 11.8 Å². The van der Waals surface area contributed by atoms with E-state index in [0.29, 0.717) is 11.8 Å². The van der Waals surface area contributed by atoms with Crippen molar-refractivity contribution in [1.29, 1.82) is 0 Å². The molecule has 3 aliphatic rings. The predicted octanol–water partition coefficient (Wildman–Crippen LogP) is 3.89. The highest BCUT2D eigenvalue weighted by Crippen LogP contribution is 2.46. The molecule has 16 heavy (non-hydrogen) atoms. The Bertz CT molecular complexity index is 506. The van der Waals surface area contributed by atoms with Gasteiger partial charge in [-0.3, -0.25) is 0 Å². The molecule has 0 aromatic rings. The molecule has 0 aromatic heterocycles. The summed E-state index contributed by atoms with van der Waals surface area (Å²) < 4.78 is 0. The molecule has 0 radical (unpaired) electrons.